The van der Waals surface area contributed by atoms with Crippen molar-refractivity contribution in [1.29, 1.82) is 0 Å². The Bertz CT molecular complexity index is 632. The molecule has 21 heavy (non-hydrogen) atoms. The van der Waals surface area contributed by atoms with Gasteiger partial charge >= 0.3 is 0 Å². The SMILES string of the molecule is Nc1ccc(C2CCCN2Cc2cccc(Cl)c2F)nn1. The lowest BCUT2D eigenvalue weighted by molar-refractivity contribution is 0.240. The lowest BCUT2D eigenvalue weighted by Crippen LogP contribution is -2.24. The molecule has 1 aliphatic rings. The fraction of sp³-hybridized carbons (Fsp3) is 0.333. The number of aromatic nitrogens is 2. The molecule has 1 atom stereocenters. The molecule has 2 N–H and O–H groups in total. The molecule has 1 aliphatic heterocycles. The van der Waals surface area contributed by atoms with Crippen LogP contribution in [0.4, 0.5) is 10.2 Å². The van der Waals surface area contributed by atoms with Crippen molar-refractivity contribution in [2.24, 2.45) is 0 Å². The first-order valence-electron chi connectivity index (χ1n) is 6.91. The van der Waals surface area contributed by atoms with E-state index >= 15 is 0 Å². The number of hydrogen-bond donors (Lipinski definition) is 1. The predicted octanol–water partition coefficient (Wildman–Crippen LogP) is 3.19. The summed E-state index contributed by atoms with van der Waals surface area (Å²) in [5, 5.41) is 8.22. The summed E-state index contributed by atoms with van der Waals surface area (Å²) in [4.78, 5) is 2.20. The van der Waals surface area contributed by atoms with Gasteiger partial charge in [-0.3, -0.25) is 4.90 Å². The van der Waals surface area contributed by atoms with Crippen LogP contribution >= 0.6 is 11.6 Å². The van der Waals surface area contributed by atoms with Crippen molar-refractivity contribution in [3.63, 3.8) is 0 Å². The number of anilines is 1. The fourth-order valence-corrected chi connectivity index (χ4v) is 2.96. The number of rotatable bonds is 3. The normalized spacial score (nSPS) is 19.0. The molecule has 1 aromatic carbocycles. The third kappa shape index (κ3) is 2.99. The molecule has 0 saturated carbocycles. The first-order chi connectivity index (χ1) is 10.1. The molecule has 2 aromatic rings. The van der Waals surface area contributed by atoms with Crippen molar-refractivity contribution in [2.75, 3.05) is 12.3 Å². The van der Waals surface area contributed by atoms with E-state index in [2.05, 4.69) is 15.1 Å². The second kappa shape index (κ2) is 5.95. The van der Waals surface area contributed by atoms with E-state index in [4.69, 9.17) is 17.3 Å². The average Bonchev–Trinajstić information content (AvgIpc) is 2.93. The number of nitrogen functional groups attached to an aromatic ring is 1. The van der Waals surface area contributed by atoms with Crippen LogP contribution in [0.3, 0.4) is 0 Å². The smallest absolute Gasteiger partial charge is 0.146 e. The Hall–Kier alpha value is -1.72. The molecule has 0 spiro atoms. The van der Waals surface area contributed by atoms with Gasteiger partial charge in [0.15, 0.2) is 0 Å². The molecular formula is C15H16ClFN4. The van der Waals surface area contributed by atoms with Gasteiger partial charge in [-0.05, 0) is 37.6 Å². The topological polar surface area (TPSA) is 55.0 Å². The van der Waals surface area contributed by atoms with Gasteiger partial charge in [0.2, 0.25) is 0 Å². The van der Waals surface area contributed by atoms with Crippen molar-refractivity contribution < 1.29 is 4.39 Å². The zero-order valence-corrected chi connectivity index (χ0v) is 12.2. The molecular weight excluding hydrogens is 291 g/mol. The van der Waals surface area contributed by atoms with Crippen LogP contribution in [0, 0.1) is 5.82 Å². The number of nitrogens with two attached hydrogens (primary N) is 1. The van der Waals surface area contributed by atoms with Gasteiger partial charge in [0.25, 0.3) is 0 Å². The summed E-state index contributed by atoms with van der Waals surface area (Å²) < 4.78 is 14.0. The molecule has 110 valence electrons. The van der Waals surface area contributed by atoms with Crippen LogP contribution in [0.25, 0.3) is 0 Å². The number of hydrogen-bond acceptors (Lipinski definition) is 4. The molecule has 6 heteroatoms. The maximum atomic E-state index is 14.0. The van der Waals surface area contributed by atoms with E-state index in [9.17, 15) is 4.39 Å². The van der Waals surface area contributed by atoms with Crippen LogP contribution < -0.4 is 5.73 Å². The maximum Gasteiger partial charge on any atom is 0.146 e. The van der Waals surface area contributed by atoms with Gasteiger partial charge in [0.1, 0.15) is 11.6 Å². The van der Waals surface area contributed by atoms with Crippen molar-refractivity contribution >= 4 is 17.4 Å². The van der Waals surface area contributed by atoms with E-state index in [1.807, 2.05) is 6.07 Å². The second-order valence-corrected chi connectivity index (χ2v) is 5.63. The van der Waals surface area contributed by atoms with Crippen LogP contribution in [-0.2, 0) is 6.54 Å². The largest absolute Gasteiger partial charge is 0.382 e. The highest BCUT2D eigenvalue weighted by molar-refractivity contribution is 6.30. The summed E-state index contributed by atoms with van der Waals surface area (Å²) in [6.07, 6.45) is 2.04. The maximum absolute atomic E-state index is 14.0. The zero-order valence-electron chi connectivity index (χ0n) is 11.5. The molecule has 0 radical (unpaired) electrons. The Morgan fingerprint density at radius 3 is 2.90 bits per heavy atom. The van der Waals surface area contributed by atoms with Gasteiger partial charge in [-0.25, -0.2) is 4.39 Å². The Kier molecular flexibility index (Phi) is 4.03. The van der Waals surface area contributed by atoms with Crippen molar-refractivity contribution in [3.05, 3.63) is 52.4 Å². The van der Waals surface area contributed by atoms with Crippen LogP contribution in [0.2, 0.25) is 5.02 Å². The van der Waals surface area contributed by atoms with E-state index in [1.165, 1.54) is 0 Å². The van der Waals surface area contributed by atoms with E-state index in [0.717, 1.165) is 25.1 Å². The summed E-state index contributed by atoms with van der Waals surface area (Å²) >= 11 is 5.84. The molecule has 3 rings (SSSR count). The molecule has 0 bridgehead atoms. The van der Waals surface area contributed by atoms with E-state index in [0.29, 0.717) is 17.9 Å². The quantitative estimate of drug-likeness (QED) is 0.946. The monoisotopic (exact) mass is 306 g/mol. The molecule has 1 fully saturated rings. The molecule has 0 aliphatic carbocycles. The predicted molar refractivity (Wildman–Crippen MR) is 80.2 cm³/mol. The highest BCUT2D eigenvalue weighted by atomic mass is 35.5. The number of nitrogens with zero attached hydrogens (tertiary/aromatic N) is 3. The highest BCUT2D eigenvalue weighted by Crippen LogP contribution is 2.32. The summed E-state index contributed by atoms with van der Waals surface area (Å²) in [5.74, 6) is 0.0670. The van der Waals surface area contributed by atoms with Crippen molar-refractivity contribution in [3.8, 4) is 0 Å². The third-order valence-electron chi connectivity index (χ3n) is 3.82. The van der Waals surface area contributed by atoms with Gasteiger partial charge in [-0.1, -0.05) is 23.7 Å². The van der Waals surface area contributed by atoms with Crippen LogP contribution in [0.1, 0.15) is 30.1 Å². The minimum atomic E-state index is -0.340. The Balaban J connectivity index is 1.81. The molecule has 2 heterocycles. The number of halogens is 2. The summed E-state index contributed by atoms with van der Waals surface area (Å²) in [6.45, 7) is 1.42. The molecule has 1 unspecified atom stereocenters. The van der Waals surface area contributed by atoms with Crippen LogP contribution in [0.5, 0.6) is 0 Å². The van der Waals surface area contributed by atoms with Gasteiger partial charge in [0.05, 0.1) is 16.8 Å². The summed E-state index contributed by atoms with van der Waals surface area (Å²) in [5.41, 5.74) is 7.06. The van der Waals surface area contributed by atoms with E-state index in [1.54, 1.807) is 24.3 Å². The molecule has 4 nitrogen and oxygen atoms in total. The first kappa shape index (κ1) is 14.2. The van der Waals surface area contributed by atoms with Crippen molar-refractivity contribution in [1.82, 2.24) is 15.1 Å². The fourth-order valence-electron chi connectivity index (χ4n) is 2.77. The summed E-state index contributed by atoms with van der Waals surface area (Å²) in [6, 6.07) is 8.89. The molecule has 1 saturated heterocycles. The van der Waals surface area contributed by atoms with Gasteiger partial charge in [0, 0.05) is 12.1 Å². The number of benzene rings is 1. The Morgan fingerprint density at radius 1 is 1.29 bits per heavy atom. The standard InChI is InChI=1S/C15H16ClFN4/c16-11-4-1-3-10(15(11)17)9-21-8-2-5-13(21)12-6-7-14(18)20-19-12/h1,3-4,6-7,13H,2,5,8-9H2,(H2,18,20). The number of likely N-dealkylation sites (tertiary alicyclic amines) is 1. The van der Waals surface area contributed by atoms with E-state index < -0.39 is 0 Å². The summed E-state index contributed by atoms with van der Waals surface area (Å²) in [7, 11) is 0. The molecule has 1 aromatic heterocycles. The minimum Gasteiger partial charge on any atom is -0.382 e. The van der Waals surface area contributed by atoms with Gasteiger partial charge < -0.3 is 5.73 Å². The third-order valence-corrected chi connectivity index (χ3v) is 4.11. The first-order valence-corrected chi connectivity index (χ1v) is 7.29. The average molecular weight is 307 g/mol. The van der Waals surface area contributed by atoms with Gasteiger partial charge in [-0.2, -0.15) is 5.10 Å². The Morgan fingerprint density at radius 2 is 2.14 bits per heavy atom. The highest BCUT2D eigenvalue weighted by Gasteiger charge is 2.28. The minimum absolute atomic E-state index is 0.150. The lowest BCUT2D eigenvalue weighted by atomic mass is 10.1. The van der Waals surface area contributed by atoms with E-state index in [-0.39, 0.29) is 16.9 Å². The van der Waals surface area contributed by atoms with Crippen LogP contribution in [0.15, 0.2) is 30.3 Å². The second-order valence-electron chi connectivity index (χ2n) is 5.22. The Labute approximate surface area is 127 Å². The van der Waals surface area contributed by atoms with Gasteiger partial charge in [-0.15, -0.1) is 5.10 Å². The molecule has 0 amide bonds. The zero-order chi connectivity index (χ0) is 14.8. The lowest BCUT2D eigenvalue weighted by Gasteiger charge is -2.24. The van der Waals surface area contributed by atoms with Crippen LogP contribution in [-0.4, -0.2) is 21.6 Å². The van der Waals surface area contributed by atoms with Crippen molar-refractivity contribution in [2.45, 2.75) is 25.4 Å².